The van der Waals surface area contributed by atoms with Crippen LogP contribution in [0.5, 0.6) is 0 Å². The lowest BCUT2D eigenvalue weighted by atomic mass is 9.84. The highest BCUT2D eigenvalue weighted by molar-refractivity contribution is 5.92. The summed E-state index contributed by atoms with van der Waals surface area (Å²) >= 11 is 0. The molecule has 2 aliphatic heterocycles. The standard InChI is InChI=1S/C23H32O8/c1-3-22(13-29-14-22)11-27-9-19(10-28-12-23(4-2)15-30-16-23)31-21(26)18-7-5-17(6-8-18)20(24)25/h5-8,19H,3-4,9-16H2,1-2H3,(H,24,25). The molecule has 0 radical (unpaired) electrons. The summed E-state index contributed by atoms with van der Waals surface area (Å²) < 4.78 is 28.1. The van der Waals surface area contributed by atoms with Gasteiger partial charge >= 0.3 is 11.9 Å². The van der Waals surface area contributed by atoms with Gasteiger partial charge in [0.25, 0.3) is 0 Å². The molecule has 0 atom stereocenters. The van der Waals surface area contributed by atoms with Crippen molar-refractivity contribution in [1.29, 1.82) is 0 Å². The molecule has 8 nitrogen and oxygen atoms in total. The normalized spacial score (nSPS) is 18.8. The summed E-state index contributed by atoms with van der Waals surface area (Å²) in [5, 5.41) is 9.01. The molecule has 2 fully saturated rings. The number of carbonyl (C=O) groups excluding carboxylic acids is 1. The minimum absolute atomic E-state index is 0.0393. The van der Waals surface area contributed by atoms with Crippen LogP contribution in [0.2, 0.25) is 0 Å². The van der Waals surface area contributed by atoms with E-state index in [-0.39, 0.29) is 35.2 Å². The summed E-state index contributed by atoms with van der Waals surface area (Å²) in [6.07, 6.45) is 1.35. The van der Waals surface area contributed by atoms with Gasteiger partial charge in [0, 0.05) is 10.8 Å². The van der Waals surface area contributed by atoms with Crippen molar-refractivity contribution in [2.45, 2.75) is 32.8 Å². The summed E-state index contributed by atoms with van der Waals surface area (Å²) in [7, 11) is 0. The molecule has 8 heteroatoms. The van der Waals surface area contributed by atoms with E-state index in [1.807, 2.05) is 0 Å². The number of hydrogen-bond donors (Lipinski definition) is 1. The van der Waals surface area contributed by atoms with Crippen LogP contribution in [-0.2, 0) is 23.7 Å². The van der Waals surface area contributed by atoms with Crippen molar-refractivity contribution in [1.82, 2.24) is 0 Å². The Balaban J connectivity index is 1.55. The molecule has 31 heavy (non-hydrogen) atoms. The number of aromatic carboxylic acids is 1. The van der Waals surface area contributed by atoms with Crippen LogP contribution in [0.4, 0.5) is 0 Å². The Bertz CT molecular complexity index is 697. The number of ether oxygens (including phenoxy) is 5. The molecule has 0 aliphatic carbocycles. The third kappa shape index (κ3) is 6.04. The first-order valence-corrected chi connectivity index (χ1v) is 10.8. The van der Waals surface area contributed by atoms with E-state index < -0.39 is 18.0 Å². The fraction of sp³-hybridized carbons (Fsp3) is 0.652. The van der Waals surface area contributed by atoms with Crippen LogP contribution in [-0.4, -0.2) is 76.0 Å². The molecule has 0 bridgehead atoms. The third-order valence-corrected chi connectivity index (χ3v) is 6.20. The van der Waals surface area contributed by atoms with E-state index in [1.54, 1.807) is 0 Å². The SMILES string of the molecule is CCC1(COCC(COCC2(CC)COC2)OC(=O)c2ccc(C(=O)O)cc2)COC1. The van der Waals surface area contributed by atoms with Crippen LogP contribution in [0.1, 0.15) is 47.4 Å². The summed E-state index contributed by atoms with van der Waals surface area (Å²) in [6, 6.07) is 5.65. The first kappa shape index (κ1) is 23.7. The van der Waals surface area contributed by atoms with Crippen molar-refractivity contribution < 1.29 is 38.4 Å². The molecule has 0 spiro atoms. The number of carboxylic acids is 1. The topological polar surface area (TPSA) is 101 Å². The van der Waals surface area contributed by atoms with Gasteiger partial charge < -0.3 is 28.8 Å². The maximum Gasteiger partial charge on any atom is 0.338 e. The fourth-order valence-electron chi connectivity index (χ4n) is 3.46. The Hall–Kier alpha value is -2.00. The van der Waals surface area contributed by atoms with E-state index in [1.165, 1.54) is 24.3 Å². The Labute approximate surface area is 182 Å². The van der Waals surface area contributed by atoms with Gasteiger partial charge in [-0.15, -0.1) is 0 Å². The van der Waals surface area contributed by atoms with E-state index in [4.69, 9.17) is 28.8 Å². The molecule has 1 aromatic rings. The van der Waals surface area contributed by atoms with Crippen LogP contribution in [0.15, 0.2) is 24.3 Å². The van der Waals surface area contributed by atoms with Gasteiger partial charge in [-0.1, -0.05) is 13.8 Å². The van der Waals surface area contributed by atoms with Crippen LogP contribution in [0.25, 0.3) is 0 Å². The summed E-state index contributed by atoms with van der Waals surface area (Å²) in [5.74, 6) is -1.59. The molecular formula is C23H32O8. The van der Waals surface area contributed by atoms with Gasteiger partial charge in [0.05, 0.1) is 64.0 Å². The molecule has 1 aromatic carbocycles. The quantitative estimate of drug-likeness (QED) is 0.471. The van der Waals surface area contributed by atoms with E-state index in [9.17, 15) is 9.59 Å². The monoisotopic (exact) mass is 436 g/mol. The Kier molecular flexibility index (Phi) is 8.05. The van der Waals surface area contributed by atoms with Crippen LogP contribution < -0.4 is 0 Å². The first-order valence-electron chi connectivity index (χ1n) is 10.8. The average molecular weight is 437 g/mol. The second-order valence-electron chi connectivity index (χ2n) is 8.63. The summed E-state index contributed by atoms with van der Waals surface area (Å²) in [6.45, 7) is 8.45. The van der Waals surface area contributed by atoms with Gasteiger partial charge in [0.15, 0.2) is 0 Å². The zero-order valence-electron chi connectivity index (χ0n) is 18.3. The lowest BCUT2D eigenvalue weighted by Gasteiger charge is -2.41. The van der Waals surface area contributed by atoms with Crippen molar-refractivity contribution in [3.8, 4) is 0 Å². The molecule has 0 unspecified atom stereocenters. The van der Waals surface area contributed by atoms with Crippen LogP contribution in [0.3, 0.4) is 0 Å². The number of carboxylic acid groups (broad SMARTS) is 1. The van der Waals surface area contributed by atoms with Crippen LogP contribution >= 0.6 is 0 Å². The zero-order valence-corrected chi connectivity index (χ0v) is 18.3. The van der Waals surface area contributed by atoms with Crippen molar-refractivity contribution in [3.63, 3.8) is 0 Å². The molecule has 0 aromatic heterocycles. The van der Waals surface area contributed by atoms with Gasteiger partial charge in [-0.3, -0.25) is 0 Å². The lowest BCUT2D eigenvalue weighted by Crippen LogP contribution is -2.47. The van der Waals surface area contributed by atoms with Crippen molar-refractivity contribution in [3.05, 3.63) is 35.4 Å². The Morgan fingerprint density at radius 1 is 0.903 bits per heavy atom. The molecular weight excluding hydrogens is 404 g/mol. The lowest BCUT2D eigenvalue weighted by molar-refractivity contribution is -0.167. The average Bonchev–Trinajstić information content (AvgIpc) is 2.71. The number of esters is 1. The maximum absolute atomic E-state index is 12.6. The summed E-state index contributed by atoms with van der Waals surface area (Å²) in [5.41, 5.74) is 0.472. The number of carbonyl (C=O) groups is 2. The highest BCUT2D eigenvalue weighted by atomic mass is 16.6. The predicted octanol–water partition coefficient (Wildman–Crippen LogP) is 2.80. The zero-order chi connectivity index (χ0) is 22.3. The van der Waals surface area contributed by atoms with E-state index >= 15 is 0 Å². The molecule has 1 N–H and O–H groups in total. The number of rotatable bonds is 13. The highest BCUT2D eigenvalue weighted by Crippen LogP contribution is 2.32. The minimum atomic E-state index is -1.05. The number of hydrogen-bond acceptors (Lipinski definition) is 7. The van der Waals surface area contributed by atoms with E-state index in [0.717, 1.165) is 12.8 Å². The molecule has 2 aliphatic rings. The molecule has 2 saturated heterocycles. The number of benzene rings is 1. The Morgan fingerprint density at radius 2 is 1.35 bits per heavy atom. The maximum atomic E-state index is 12.6. The molecule has 2 heterocycles. The molecule has 0 saturated carbocycles. The van der Waals surface area contributed by atoms with Gasteiger partial charge in [0.1, 0.15) is 6.10 Å². The largest absolute Gasteiger partial charge is 0.478 e. The van der Waals surface area contributed by atoms with E-state index in [0.29, 0.717) is 39.6 Å². The summed E-state index contributed by atoms with van der Waals surface area (Å²) in [4.78, 5) is 23.6. The van der Waals surface area contributed by atoms with Crippen molar-refractivity contribution in [2.75, 3.05) is 52.9 Å². The molecule has 172 valence electrons. The minimum Gasteiger partial charge on any atom is -0.478 e. The second kappa shape index (κ2) is 10.5. The van der Waals surface area contributed by atoms with Crippen molar-refractivity contribution >= 4 is 11.9 Å². The van der Waals surface area contributed by atoms with Crippen molar-refractivity contribution in [2.24, 2.45) is 10.8 Å². The fourth-order valence-corrected chi connectivity index (χ4v) is 3.46. The molecule has 3 rings (SSSR count). The molecule has 0 amide bonds. The highest BCUT2D eigenvalue weighted by Gasteiger charge is 2.38. The predicted molar refractivity (Wildman–Crippen MR) is 111 cm³/mol. The van der Waals surface area contributed by atoms with Gasteiger partial charge in [-0.25, -0.2) is 9.59 Å². The van der Waals surface area contributed by atoms with Gasteiger partial charge in [-0.05, 0) is 37.1 Å². The van der Waals surface area contributed by atoms with Gasteiger partial charge in [0.2, 0.25) is 0 Å². The third-order valence-electron chi connectivity index (χ3n) is 6.20. The first-order chi connectivity index (χ1) is 14.9. The van der Waals surface area contributed by atoms with Crippen LogP contribution in [0, 0.1) is 10.8 Å². The van der Waals surface area contributed by atoms with E-state index in [2.05, 4.69) is 13.8 Å². The van der Waals surface area contributed by atoms with Gasteiger partial charge in [-0.2, -0.15) is 0 Å². The smallest absolute Gasteiger partial charge is 0.338 e. The second-order valence-corrected chi connectivity index (χ2v) is 8.63. The Morgan fingerprint density at radius 3 is 1.71 bits per heavy atom.